The fourth-order valence-corrected chi connectivity index (χ4v) is 5.62. The van der Waals surface area contributed by atoms with Gasteiger partial charge in [0.25, 0.3) is 0 Å². The maximum Gasteiger partial charge on any atom is 0.339 e. The fourth-order valence-electron chi connectivity index (χ4n) is 4.69. The molecule has 2 aliphatic carbocycles. The van der Waals surface area contributed by atoms with Crippen LogP contribution in [0, 0.1) is 6.92 Å². The molecule has 0 radical (unpaired) electrons. The summed E-state index contributed by atoms with van der Waals surface area (Å²) in [6.45, 7) is 1.89. The van der Waals surface area contributed by atoms with Crippen molar-refractivity contribution in [1.29, 1.82) is 0 Å². The molecule has 0 bridgehead atoms. The van der Waals surface area contributed by atoms with Crippen molar-refractivity contribution in [1.82, 2.24) is 0 Å². The minimum Gasteiger partial charge on any atom is -0.492 e. The Bertz CT molecular complexity index is 1250. The average molecular weight is 488 g/mol. The molecule has 0 aliphatic heterocycles. The highest BCUT2D eigenvalue weighted by Crippen LogP contribution is 2.51. The van der Waals surface area contributed by atoms with Gasteiger partial charge in [-0.2, -0.15) is 8.42 Å². The third-order valence-electron chi connectivity index (χ3n) is 6.24. The van der Waals surface area contributed by atoms with Crippen LogP contribution in [0.5, 0.6) is 17.2 Å². The van der Waals surface area contributed by atoms with Crippen molar-refractivity contribution in [3.05, 3.63) is 52.6 Å². The zero-order valence-corrected chi connectivity index (χ0v) is 20.8. The van der Waals surface area contributed by atoms with E-state index in [4.69, 9.17) is 23.2 Å². The number of hydrogen-bond donors (Lipinski definition) is 0. The van der Waals surface area contributed by atoms with Gasteiger partial charge < -0.3 is 23.2 Å². The number of methoxy groups -OCH3 is 3. The number of benzene rings is 2. The Balaban J connectivity index is 1.89. The monoisotopic (exact) mass is 487 g/mol. The largest absolute Gasteiger partial charge is 0.492 e. The maximum absolute atomic E-state index is 13.1. The minimum atomic E-state index is -4.09. The summed E-state index contributed by atoms with van der Waals surface area (Å²) in [4.78, 5) is 5.17. The van der Waals surface area contributed by atoms with Gasteiger partial charge in [-0.25, -0.2) is 0 Å². The Kier molecular flexibility index (Phi) is 6.86. The summed E-state index contributed by atoms with van der Waals surface area (Å²) in [7, 11) is 2.10. The van der Waals surface area contributed by atoms with Crippen LogP contribution < -0.4 is 13.7 Å². The van der Waals surface area contributed by atoms with E-state index < -0.39 is 10.1 Å². The van der Waals surface area contributed by atoms with Crippen LogP contribution in [0.1, 0.15) is 36.0 Å². The van der Waals surface area contributed by atoms with E-state index in [2.05, 4.69) is 5.16 Å². The lowest BCUT2D eigenvalue weighted by Gasteiger charge is -2.23. The van der Waals surface area contributed by atoms with E-state index in [-0.39, 0.29) is 22.5 Å². The summed E-state index contributed by atoms with van der Waals surface area (Å²) in [5.41, 5.74) is 5.53. The number of rotatable bonds is 7. The smallest absolute Gasteiger partial charge is 0.339 e. The van der Waals surface area contributed by atoms with Crippen LogP contribution in [0.15, 0.2) is 46.0 Å². The number of hydrogen-bond acceptors (Lipinski definition) is 8. The van der Waals surface area contributed by atoms with Gasteiger partial charge in [-0.15, -0.1) is 0 Å². The Morgan fingerprint density at radius 3 is 2.26 bits per heavy atom. The van der Waals surface area contributed by atoms with Gasteiger partial charge in [0, 0.05) is 12.7 Å². The molecular weight excluding hydrogens is 458 g/mol. The van der Waals surface area contributed by atoms with Gasteiger partial charge in [0.2, 0.25) is 5.75 Å². The second-order valence-electron chi connectivity index (χ2n) is 8.20. The van der Waals surface area contributed by atoms with Gasteiger partial charge in [0.05, 0.1) is 26.0 Å². The van der Waals surface area contributed by atoms with Gasteiger partial charge in [-0.1, -0.05) is 22.9 Å². The van der Waals surface area contributed by atoms with Crippen LogP contribution in [0.2, 0.25) is 0 Å². The van der Waals surface area contributed by atoms with Crippen LogP contribution in [0.3, 0.4) is 0 Å². The minimum absolute atomic E-state index is 0.0591. The van der Waals surface area contributed by atoms with E-state index in [9.17, 15) is 8.42 Å². The predicted octanol–water partition coefficient (Wildman–Crippen LogP) is 4.29. The first kappa shape index (κ1) is 24.1. The zero-order chi connectivity index (χ0) is 24.5. The molecule has 2 aromatic carbocycles. The normalized spacial score (nSPS) is 18.9. The zero-order valence-electron chi connectivity index (χ0n) is 20.0. The van der Waals surface area contributed by atoms with E-state index in [1.807, 2.05) is 6.92 Å². The Labute approximate surface area is 200 Å². The summed E-state index contributed by atoms with van der Waals surface area (Å²) in [5, 5.41) is 4.27. The van der Waals surface area contributed by atoms with Crippen molar-refractivity contribution < 1.29 is 31.6 Å². The molecule has 8 nitrogen and oxygen atoms in total. The predicted molar refractivity (Wildman–Crippen MR) is 128 cm³/mol. The molecule has 4 rings (SSSR count). The lowest BCUT2D eigenvalue weighted by atomic mass is 9.94. The highest BCUT2D eigenvalue weighted by Gasteiger charge is 2.37. The molecule has 182 valence electrons. The van der Waals surface area contributed by atoms with Crippen molar-refractivity contribution in [2.45, 2.75) is 43.6 Å². The number of fused-ring (bicyclic) bond motifs is 2. The third-order valence-corrected chi connectivity index (χ3v) is 7.49. The molecular formula is C25H29NO7S. The third kappa shape index (κ3) is 4.25. The molecule has 9 heteroatoms. The van der Waals surface area contributed by atoms with Crippen molar-refractivity contribution in [2.75, 3.05) is 28.4 Å². The molecule has 0 N–H and O–H groups in total. The van der Waals surface area contributed by atoms with Crippen molar-refractivity contribution in [3.8, 4) is 17.2 Å². The SMILES string of the molecule is CON=C1CCc2cc(OS(=O)(=O)c3ccc(C)cc3)c(OC)c(OC)c2C2=C1CCC2OC. The molecule has 0 heterocycles. The van der Waals surface area contributed by atoms with Crippen molar-refractivity contribution in [2.24, 2.45) is 5.16 Å². The molecule has 0 amide bonds. The summed E-state index contributed by atoms with van der Waals surface area (Å²) >= 11 is 0. The first-order valence-corrected chi connectivity index (χ1v) is 12.4. The topological polar surface area (TPSA) is 92.7 Å². The quantitative estimate of drug-likeness (QED) is 0.425. The number of allylic oxidation sites excluding steroid dienone is 1. The molecule has 0 fully saturated rings. The highest BCUT2D eigenvalue weighted by atomic mass is 32.2. The molecule has 0 spiro atoms. The molecule has 0 saturated heterocycles. The highest BCUT2D eigenvalue weighted by molar-refractivity contribution is 7.87. The second-order valence-corrected chi connectivity index (χ2v) is 9.75. The maximum atomic E-state index is 13.1. The van der Waals surface area contributed by atoms with Gasteiger partial charge in [0.1, 0.15) is 12.0 Å². The molecule has 1 atom stereocenters. The second kappa shape index (κ2) is 9.68. The number of ether oxygens (including phenoxy) is 3. The number of nitrogens with zero attached hydrogens (tertiary/aromatic N) is 1. The van der Waals surface area contributed by atoms with Gasteiger partial charge in [0.15, 0.2) is 11.5 Å². The molecule has 2 aromatic rings. The van der Waals surface area contributed by atoms with E-state index >= 15 is 0 Å². The molecule has 0 saturated carbocycles. The van der Waals surface area contributed by atoms with E-state index in [1.54, 1.807) is 25.3 Å². The first-order chi connectivity index (χ1) is 16.3. The number of aryl methyl sites for hydroxylation is 2. The summed E-state index contributed by atoms with van der Waals surface area (Å²) < 4.78 is 48.9. The van der Waals surface area contributed by atoms with Crippen molar-refractivity contribution >= 4 is 21.4 Å². The Morgan fingerprint density at radius 2 is 1.65 bits per heavy atom. The summed E-state index contributed by atoms with van der Waals surface area (Å²) in [6, 6.07) is 8.20. The van der Waals surface area contributed by atoms with Crippen LogP contribution in [0.4, 0.5) is 0 Å². The molecule has 1 unspecified atom stereocenters. The van der Waals surface area contributed by atoms with E-state index in [0.29, 0.717) is 18.6 Å². The Hall–Kier alpha value is -3.04. The standard InChI is InChI=1S/C25H29NO7S/c1-15-6-9-17(10-7-15)34(27,28)33-21-14-16-8-12-19(26-32-5)18-11-13-20(29-2)23(18)22(16)25(31-4)24(21)30-3/h6-7,9-10,14,20H,8,11-13H2,1-5H3. The van der Waals surface area contributed by atoms with Crippen LogP contribution in [-0.2, 0) is 26.1 Å². The van der Waals surface area contributed by atoms with Gasteiger partial charge >= 0.3 is 10.1 Å². The van der Waals surface area contributed by atoms with Crippen LogP contribution in [0.25, 0.3) is 5.57 Å². The molecule has 34 heavy (non-hydrogen) atoms. The molecule has 0 aromatic heterocycles. The summed E-state index contributed by atoms with van der Waals surface area (Å²) in [6.07, 6.45) is 2.64. The Morgan fingerprint density at radius 1 is 0.941 bits per heavy atom. The van der Waals surface area contributed by atoms with Gasteiger partial charge in [-0.05, 0) is 67.5 Å². The molecule has 2 aliphatic rings. The van der Waals surface area contributed by atoms with E-state index in [1.165, 1.54) is 33.5 Å². The fraction of sp³-hybridized carbons (Fsp3) is 0.400. The van der Waals surface area contributed by atoms with Crippen LogP contribution >= 0.6 is 0 Å². The first-order valence-electron chi connectivity index (χ1n) is 11.0. The number of oxime groups is 1. The van der Waals surface area contributed by atoms with E-state index in [0.717, 1.165) is 46.4 Å². The van der Waals surface area contributed by atoms with Gasteiger partial charge in [-0.3, -0.25) is 0 Å². The summed E-state index contributed by atoms with van der Waals surface area (Å²) in [5.74, 6) is 0.682. The van der Waals surface area contributed by atoms with Crippen LogP contribution in [-0.4, -0.2) is 48.7 Å². The average Bonchev–Trinajstić information content (AvgIpc) is 3.18. The lowest BCUT2D eigenvalue weighted by Crippen LogP contribution is -2.14. The van der Waals surface area contributed by atoms with Crippen molar-refractivity contribution in [3.63, 3.8) is 0 Å². The lowest BCUT2D eigenvalue weighted by molar-refractivity contribution is 0.147.